The van der Waals surface area contributed by atoms with Crippen LogP contribution in [-0.2, 0) is 4.79 Å². The second-order valence-electron chi connectivity index (χ2n) is 5.68. The van der Waals surface area contributed by atoms with Crippen LogP contribution >= 0.6 is 12.4 Å². The molecule has 1 aliphatic heterocycles. The summed E-state index contributed by atoms with van der Waals surface area (Å²) in [7, 11) is 0. The summed E-state index contributed by atoms with van der Waals surface area (Å²) in [6.45, 7) is 3.15. The smallest absolute Gasteiger partial charge is 0.320 e. The van der Waals surface area contributed by atoms with Gasteiger partial charge in [-0.3, -0.25) is 9.69 Å². The molecule has 0 aromatic heterocycles. The number of urea groups is 1. The maximum absolute atomic E-state index is 12.8. The molecule has 1 heterocycles. The molecule has 2 rings (SSSR count). The summed E-state index contributed by atoms with van der Waals surface area (Å²) in [4.78, 5) is 25.0. The van der Waals surface area contributed by atoms with Gasteiger partial charge in [0.1, 0.15) is 11.9 Å². The number of hydrogen-bond acceptors (Lipinski definition) is 3. The number of amides is 2. The van der Waals surface area contributed by atoms with E-state index in [4.69, 9.17) is 0 Å². The SMILES string of the molecule is CCC(C(=O)O)N1CCC(NC(=O)Nc2ccc(F)cc2)CC1.Cl. The molecule has 1 fully saturated rings. The van der Waals surface area contributed by atoms with Crippen molar-refractivity contribution in [2.24, 2.45) is 0 Å². The predicted molar refractivity (Wildman–Crippen MR) is 92.1 cm³/mol. The maximum atomic E-state index is 12.8. The first-order valence-corrected chi connectivity index (χ1v) is 7.79. The van der Waals surface area contributed by atoms with E-state index in [1.807, 2.05) is 11.8 Å². The number of nitrogens with zero attached hydrogens (tertiary/aromatic N) is 1. The second kappa shape index (κ2) is 9.44. The molecule has 1 unspecified atom stereocenters. The van der Waals surface area contributed by atoms with Gasteiger partial charge in [0.25, 0.3) is 0 Å². The topological polar surface area (TPSA) is 81.7 Å². The summed E-state index contributed by atoms with van der Waals surface area (Å²) in [6.07, 6.45) is 1.99. The summed E-state index contributed by atoms with van der Waals surface area (Å²) in [5.74, 6) is -1.15. The second-order valence-corrected chi connectivity index (χ2v) is 5.68. The zero-order chi connectivity index (χ0) is 16.8. The van der Waals surface area contributed by atoms with E-state index in [0.717, 1.165) is 0 Å². The fourth-order valence-electron chi connectivity index (χ4n) is 2.83. The van der Waals surface area contributed by atoms with Crippen LogP contribution in [0.2, 0.25) is 0 Å². The number of carbonyl (C=O) groups excluding carboxylic acids is 1. The number of rotatable bonds is 5. The van der Waals surface area contributed by atoms with Crippen molar-refractivity contribution in [1.29, 1.82) is 0 Å². The molecule has 3 N–H and O–H groups in total. The third kappa shape index (κ3) is 5.65. The summed E-state index contributed by atoms with van der Waals surface area (Å²) >= 11 is 0. The minimum absolute atomic E-state index is 0. The quantitative estimate of drug-likeness (QED) is 0.755. The summed E-state index contributed by atoms with van der Waals surface area (Å²) < 4.78 is 12.8. The molecule has 6 nitrogen and oxygen atoms in total. The van der Waals surface area contributed by atoms with Crippen LogP contribution in [0.4, 0.5) is 14.9 Å². The first-order chi connectivity index (χ1) is 11.0. The zero-order valence-electron chi connectivity index (χ0n) is 13.5. The van der Waals surface area contributed by atoms with E-state index in [9.17, 15) is 19.1 Å². The number of carbonyl (C=O) groups is 2. The Balaban J connectivity index is 0.00000288. The number of aliphatic carboxylic acids is 1. The van der Waals surface area contributed by atoms with Crippen molar-refractivity contribution >= 4 is 30.1 Å². The van der Waals surface area contributed by atoms with E-state index < -0.39 is 12.0 Å². The molecule has 1 aromatic rings. The zero-order valence-corrected chi connectivity index (χ0v) is 14.3. The van der Waals surface area contributed by atoms with Gasteiger partial charge < -0.3 is 15.7 Å². The van der Waals surface area contributed by atoms with Crippen LogP contribution in [0.1, 0.15) is 26.2 Å². The Bertz CT molecular complexity index is 548. The lowest BCUT2D eigenvalue weighted by molar-refractivity contribution is -0.143. The Morgan fingerprint density at radius 3 is 2.38 bits per heavy atom. The first kappa shape index (κ1) is 20.2. The number of piperidine rings is 1. The Morgan fingerprint density at radius 1 is 1.29 bits per heavy atom. The number of carboxylic acids is 1. The van der Waals surface area contributed by atoms with E-state index in [2.05, 4.69) is 10.6 Å². The number of nitrogens with one attached hydrogen (secondary N) is 2. The van der Waals surface area contributed by atoms with Gasteiger partial charge in [-0.25, -0.2) is 9.18 Å². The van der Waals surface area contributed by atoms with Crippen LogP contribution in [-0.4, -0.2) is 47.2 Å². The van der Waals surface area contributed by atoms with Gasteiger partial charge >= 0.3 is 12.0 Å². The number of hydrogen-bond donors (Lipinski definition) is 3. The lowest BCUT2D eigenvalue weighted by Gasteiger charge is -2.35. The van der Waals surface area contributed by atoms with Crippen LogP contribution in [0.5, 0.6) is 0 Å². The molecule has 1 aliphatic rings. The van der Waals surface area contributed by atoms with Gasteiger partial charge in [0.15, 0.2) is 0 Å². The Morgan fingerprint density at radius 2 is 1.88 bits per heavy atom. The number of halogens is 2. The van der Waals surface area contributed by atoms with E-state index >= 15 is 0 Å². The van der Waals surface area contributed by atoms with Gasteiger partial charge in [0.2, 0.25) is 0 Å². The fourth-order valence-corrected chi connectivity index (χ4v) is 2.83. The Labute approximate surface area is 146 Å². The number of benzene rings is 1. The van der Waals surface area contributed by atoms with Crippen LogP contribution in [0.25, 0.3) is 0 Å². The van der Waals surface area contributed by atoms with Gasteiger partial charge in [-0.15, -0.1) is 12.4 Å². The molecule has 0 saturated carbocycles. The van der Waals surface area contributed by atoms with Gasteiger partial charge in [0.05, 0.1) is 0 Å². The minimum Gasteiger partial charge on any atom is -0.480 e. The molecule has 1 atom stereocenters. The van der Waals surface area contributed by atoms with Crippen molar-refractivity contribution in [1.82, 2.24) is 10.2 Å². The molecular weight excluding hydrogens is 337 g/mol. The molecule has 8 heteroatoms. The minimum atomic E-state index is -0.798. The summed E-state index contributed by atoms with van der Waals surface area (Å²) in [5.41, 5.74) is 0.526. The number of carboxylic acid groups (broad SMARTS) is 1. The number of anilines is 1. The van der Waals surface area contributed by atoms with Crippen molar-refractivity contribution in [3.05, 3.63) is 30.1 Å². The fraction of sp³-hybridized carbons (Fsp3) is 0.500. The van der Waals surface area contributed by atoms with Gasteiger partial charge in [-0.05, 0) is 43.5 Å². The van der Waals surface area contributed by atoms with Crippen molar-refractivity contribution < 1.29 is 19.1 Å². The van der Waals surface area contributed by atoms with Crippen LogP contribution < -0.4 is 10.6 Å². The highest BCUT2D eigenvalue weighted by Gasteiger charge is 2.28. The lowest BCUT2D eigenvalue weighted by atomic mass is 10.0. The predicted octanol–water partition coefficient (Wildman–Crippen LogP) is 2.70. The largest absolute Gasteiger partial charge is 0.480 e. The Kier molecular flexibility index (Phi) is 7.94. The summed E-state index contributed by atoms with van der Waals surface area (Å²) in [6, 6.07) is 4.78. The molecule has 0 radical (unpaired) electrons. The highest BCUT2D eigenvalue weighted by molar-refractivity contribution is 5.89. The molecule has 1 aromatic carbocycles. The number of likely N-dealkylation sites (tertiary alicyclic amines) is 1. The standard InChI is InChI=1S/C16H22FN3O3.ClH/c1-2-14(15(21)22)20-9-7-13(8-10-20)19-16(23)18-12-5-3-11(17)4-6-12;/h3-6,13-14H,2,7-10H2,1H3,(H,21,22)(H2,18,19,23);1H. The normalized spacial score (nSPS) is 16.8. The van der Waals surface area contributed by atoms with Crippen molar-refractivity contribution in [3.63, 3.8) is 0 Å². The highest BCUT2D eigenvalue weighted by Crippen LogP contribution is 2.16. The maximum Gasteiger partial charge on any atom is 0.320 e. The molecule has 24 heavy (non-hydrogen) atoms. The van der Waals surface area contributed by atoms with Gasteiger partial charge in [-0.2, -0.15) is 0 Å². The molecule has 0 aliphatic carbocycles. The van der Waals surface area contributed by atoms with Crippen molar-refractivity contribution in [2.75, 3.05) is 18.4 Å². The monoisotopic (exact) mass is 359 g/mol. The molecule has 134 valence electrons. The van der Waals surface area contributed by atoms with Crippen molar-refractivity contribution in [3.8, 4) is 0 Å². The molecule has 0 bridgehead atoms. The van der Waals surface area contributed by atoms with Gasteiger partial charge in [-0.1, -0.05) is 6.92 Å². The molecule has 2 amide bonds. The van der Waals surface area contributed by atoms with Crippen molar-refractivity contribution in [2.45, 2.75) is 38.3 Å². The average molecular weight is 360 g/mol. The van der Waals surface area contributed by atoms with E-state index in [0.29, 0.717) is 38.0 Å². The van der Waals surface area contributed by atoms with Gasteiger partial charge in [0, 0.05) is 24.8 Å². The highest BCUT2D eigenvalue weighted by atomic mass is 35.5. The van der Waals surface area contributed by atoms with Crippen LogP contribution in [0.3, 0.4) is 0 Å². The molecule has 1 saturated heterocycles. The van der Waals surface area contributed by atoms with E-state index in [1.54, 1.807) is 0 Å². The Hall–Kier alpha value is -1.86. The summed E-state index contributed by atoms with van der Waals surface area (Å²) in [5, 5.41) is 14.7. The van der Waals surface area contributed by atoms with Crippen LogP contribution in [0.15, 0.2) is 24.3 Å². The lowest BCUT2D eigenvalue weighted by Crippen LogP contribution is -2.50. The van der Waals surface area contributed by atoms with E-state index in [1.165, 1.54) is 24.3 Å². The molecular formula is C16H23ClFN3O3. The van der Waals surface area contributed by atoms with Crippen LogP contribution in [0, 0.1) is 5.82 Å². The average Bonchev–Trinajstić information content (AvgIpc) is 2.51. The van der Waals surface area contributed by atoms with E-state index in [-0.39, 0.29) is 30.3 Å². The third-order valence-corrected chi connectivity index (χ3v) is 4.08. The third-order valence-electron chi connectivity index (χ3n) is 4.08. The first-order valence-electron chi connectivity index (χ1n) is 7.79. The molecule has 0 spiro atoms.